The second-order valence-corrected chi connectivity index (χ2v) is 7.47. The van der Waals surface area contributed by atoms with E-state index in [1.165, 1.54) is 0 Å². The third-order valence-corrected chi connectivity index (χ3v) is 6.25. The van der Waals surface area contributed by atoms with Gasteiger partial charge < -0.3 is 19.9 Å². The number of hydrogen-bond acceptors (Lipinski definition) is 3. The van der Waals surface area contributed by atoms with E-state index in [2.05, 4.69) is 26.6 Å². The molecule has 3 aliphatic heterocycles. The zero-order valence-electron chi connectivity index (χ0n) is 12.4. The van der Waals surface area contributed by atoms with E-state index >= 15 is 0 Å². The molecule has 1 aliphatic carbocycles. The molecule has 8 heteroatoms. The Morgan fingerprint density at radius 3 is 3.00 bits per heavy atom. The molecular formula is C15H17BrN4O3. The van der Waals surface area contributed by atoms with Gasteiger partial charge in [0.15, 0.2) is 5.72 Å². The Bertz CT molecular complexity index is 720. The first-order chi connectivity index (χ1) is 11.1. The van der Waals surface area contributed by atoms with Crippen molar-refractivity contribution >= 4 is 27.9 Å². The van der Waals surface area contributed by atoms with Crippen molar-refractivity contribution in [1.82, 2.24) is 20.1 Å². The van der Waals surface area contributed by atoms with Crippen molar-refractivity contribution in [3.63, 3.8) is 0 Å². The number of ether oxygens (including phenoxy) is 1. The Labute approximate surface area is 141 Å². The van der Waals surface area contributed by atoms with Gasteiger partial charge in [-0.05, 0) is 40.9 Å². The molecule has 4 atom stereocenters. The van der Waals surface area contributed by atoms with Crippen LogP contribution in [0.25, 0.3) is 0 Å². The lowest BCUT2D eigenvalue weighted by molar-refractivity contribution is -0.113. The van der Waals surface area contributed by atoms with Crippen LogP contribution in [-0.2, 0) is 4.74 Å². The van der Waals surface area contributed by atoms with Gasteiger partial charge in [-0.3, -0.25) is 9.69 Å². The molecule has 23 heavy (non-hydrogen) atoms. The van der Waals surface area contributed by atoms with Gasteiger partial charge in [-0.1, -0.05) is 0 Å². The van der Waals surface area contributed by atoms with Gasteiger partial charge in [0.1, 0.15) is 11.7 Å². The minimum atomic E-state index is -0.651. The summed E-state index contributed by atoms with van der Waals surface area (Å²) in [5.41, 5.74) is 0.00243. The van der Waals surface area contributed by atoms with Crippen LogP contribution in [0.5, 0.6) is 0 Å². The molecule has 7 nitrogen and oxygen atoms in total. The van der Waals surface area contributed by atoms with Crippen molar-refractivity contribution in [3.8, 4) is 0 Å². The quantitative estimate of drug-likeness (QED) is 0.710. The molecule has 1 unspecified atom stereocenters. The largest absolute Gasteiger partial charge is 0.353 e. The van der Waals surface area contributed by atoms with E-state index < -0.39 is 5.72 Å². The SMILES string of the molecule is O=C1N[C@@H]2[C@@H](CC34OCCCCN3C(=O)N[C@@H]24)n2c(Br)ccc21. The molecule has 2 N–H and O–H groups in total. The summed E-state index contributed by atoms with van der Waals surface area (Å²) >= 11 is 3.55. The van der Waals surface area contributed by atoms with Crippen molar-refractivity contribution in [2.45, 2.75) is 43.1 Å². The summed E-state index contributed by atoms with van der Waals surface area (Å²) in [6.07, 6.45) is 2.59. The third-order valence-electron chi connectivity index (χ3n) is 5.60. The van der Waals surface area contributed by atoms with Gasteiger partial charge in [-0.2, -0.15) is 0 Å². The number of nitrogens with one attached hydrogen (secondary N) is 2. The second kappa shape index (κ2) is 4.51. The van der Waals surface area contributed by atoms with E-state index in [4.69, 9.17) is 4.74 Å². The summed E-state index contributed by atoms with van der Waals surface area (Å²) < 4.78 is 9.16. The number of carbonyl (C=O) groups excluding carboxylic acids is 2. The minimum Gasteiger partial charge on any atom is -0.353 e. The van der Waals surface area contributed by atoms with Gasteiger partial charge in [0.05, 0.1) is 16.7 Å². The van der Waals surface area contributed by atoms with Crippen molar-refractivity contribution in [2.24, 2.45) is 0 Å². The van der Waals surface area contributed by atoms with Crippen LogP contribution in [0.1, 0.15) is 35.8 Å². The summed E-state index contributed by atoms with van der Waals surface area (Å²) in [5.74, 6) is -0.102. The van der Waals surface area contributed by atoms with Crippen LogP contribution < -0.4 is 10.6 Å². The topological polar surface area (TPSA) is 75.6 Å². The Balaban J connectivity index is 1.63. The number of carbonyl (C=O) groups is 2. The van der Waals surface area contributed by atoms with Gasteiger partial charge in [-0.25, -0.2) is 4.79 Å². The molecule has 1 aromatic rings. The first-order valence-corrected chi connectivity index (χ1v) is 8.81. The molecule has 3 fully saturated rings. The number of nitrogens with zero attached hydrogens (tertiary/aromatic N) is 2. The van der Waals surface area contributed by atoms with E-state index in [0.717, 1.165) is 17.4 Å². The van der Waals surface area contributed by atoms with Gasteiger partial charge in [-0.15, -0.1) is 0 Å². The van der Waals surface area contributed by atoms with Crippen LogP contribution >= 0.6 is 15.9 Å². The highest BCUT2D eigenvalue weighted by Crippen LogP contribution is 2.49. The monoisotopic (exact) mass is 380 g/mol. The maximum Gasteiger partial charge on any atom is 0.320 e. The highest BCUT2D eigenvalue weighted by atomic mass is 79.9. The number of urea groups is 1. The first-order valence-electron chi connectivity index (χ1n) is 8.01. The fourth-order valence-electron chi connectivity index (χ4n) is 4.66. The lowest BCUT2D eigenvalue weighted by Gasteiger charge is -2.35. The van der Waals surface area contributed by atoms with E-state index in [1.807, 2.05) is 21.6 Å². The lowest BCUT2D eigenvalue weighted by Crippen LogP contribution is -2.57. The molecular weight excluding hydrogens is 364 g/mol. The Hall–Kier alpha value is -1.54. The van der Waals surface area contributed by atoms with Crippen LogP contribution in [0.4, 0.5) is 4.79 Å². The van der Waals surface area contributed by atoms with Crippen LogP contribution in [0.15, 0.2) is 16.7 Å². The zero-order chi connectivity index (χ0) is 15.8. The average molecular weight is 381 g/mol. The van der Waals surface area contributed by atoms with E-state index in [9.17, 15) is 9.59 Å². The van der Waals surface area contributed by atoms with Gasteiger partial charge in [0, 0.05) is 19.6 Å². The fourth-order valence-corrected chi connectivity index (χ4v) is 5.25. The average Bonchev–Trinajstić information content (AvgIpc) is 3.05. The second-order valence-electron chi connectivity index (χ2n) is 6.66. The van der Waals surface area contributed by atoms with E-state index in [1.54, 1.807) is 0 Å². The molecule has 4 aliphatic rings. The van der Waals surface area contributed by atoms with E-state index in [0.29, 0.717) is 25.3 Å². The Morgan fingerprint density at radius 2 is 2.13 bits per heavy atom. The number of halogens is 1. The van der Waals surface area contributed by atoms with Crippen molar-refractivity contribution in [2.75, 3.05) is 13.2 Å². The molecule has 1 spiro atoms. The first kappa shape index (κ1) is 13.9. The van der Waals surface area contributed by atoms with Crippen molar-refractivity contribution < 1.29 is 14.3 Å². The maximum atomic E-state index is 12.4. The number of fused-ring (bicyclic) bond motifs is 4. The predicted molar refractivity (Wildman–Crippen MR) is 84.0 cm³/mol. The molecule has 2 saturated heterocycles. The minimum absolute atomic E-state index is 0.0678. The number of aromatic nitrogens is 1. The summed E-state index contributed by atoms with van der Waals surface area (Å²) in [6.45, 7) is 1.35. The molecule has 122 valence electrons. The Kier molecular flexibility index (Phi) is 2.72. The molecule has 0 radical (unpaired) electrons. The summed E-state index contributed by atoms with van der Waals surface area (Å²) in [4.78, 5) is 26.7. The predicted octanol–water partition coefficient (Wildman–Crippen LogP) is 1.21. The maximum absolute atomic E-state index is 12.4. The molecule has 3 amide bonds. The highest BCUT2D eigenvalue weighted by molar-refractivity contribution is 9.10. The zero-order valence-corrected chi connectivity index (χ0v) is 14.0. The standard InChI is InChI=1S/C15H17BrN4O3/c16-10-4-3-8-13(21)17-11-9(20(8)10)7-15-12(11)18-14(22)19(15)5-1-2-6-23-15/h3-4,9,11-12H,1-2,5-7H2,(H,17,21)(H,18,22)/t9-,11-,12+,15?/m1/s1. The normalized spacial score (nSPS) is 38.1. The van der Waals surface area contributed by atoms with Gasteiger partial charge >= 0.3 is 6.03 Å². The van der Waals surface area contributed by atoms with Crippen LogP contribution in [0, 0.1) is 0 Å². The molecule has 5 rings (SSSR count). The lowest BCUT2D eigenvalue weighted by atomic mass is 10.0. The summed E-state index contributed by atoms with van der Waals surface area (Å²) in [5, 5.41) is 6.14. The molecule has 1 saturated carbocycles. The van der Waals surface area contributed by atoms with Crippen LogP contribution in [-0.4, -0.2) is 52.4 Å². The van der Waals surface area contributed by atoms with Crippen molar-refractivity contribution in [3.05, 3.63) is 22.4 Å². The fraction of sp³-hybridized carbons (Fsp3) is 0.600. The number of amides is 3. The van der Waals surface area contributed by atoms with Gasteiger partial charge in [0.2, 0.25) is 0 Å². The molecule has 4 heterocycles. The van der Waals surface area contributed by atoms with Crippen LogP contribution in [0.3, 0.4) is 0 Å². The number of rotatable bonds is 0. The molecule has 0 bridgehead atoms. The van der Waals surface area contributed by atoms with Crippen molar-refractivity contribution in [1.29, 1.82) is 0 Å². The Morgan fingerprint density at radius 1 is 1.26 bits per heavy atom. The summed E-state index contributed by atoms with van der Waals surface area (Å²) in [7, 11) is 0. The smallest absolute Gasteiger partial charge is 0.320 e. The van der Waals surface area contributed by atoms with Gasteiger partial charge in [0.25, 0.3) is 5.91 Å². The number of hydrogen-bond donors (Lipinski definition) is 2. The van der Waals surface area contributed by atoms with E-state index in [-0.39, 0.29) is 30.1 Å². The third kappa shape index (κ3) is 1.63. The highest BCUT2D eigenvalue weighted by Gasteiger charge is 2.66. The summed E-state index contributed by atoms with van der Waals surface area (Å²) in [6, 6.07) is 3.33. The van der Waals surface area contributed by atoms with Crippen LogP contribution in [0.2, 0.25) is 0 Å². The molecule has 1 aromatic heterocycles. The molecule has 0 aromatic carbocycles.